The molecule has 6 heteroatoms. The van der Waals surface area contributed by atoms with E-state index in [1.807, 2.05) is 6.92 Å². The van der Waals surface area contributed by atoms with E-state index in [2.05, 4.69) is 45.4 Å². The van der Waals surface area contributed by atoms with Crippen LogP contribution in [0.4, 0.5) is 0 Å². The molecule has 0 aromatic carbocycles. The molecule has 1 atom stereocenters. The fourth-order valence-corrected chi connectivity index (χ4v) is 2.42. The number of rotatable bonds is 7. The SMILES string of the molecule is CCCNC(=O)CNC(=NC)NCC(C)c1cccs1. The highest BCUT2D eigenvalue weighted by Gasteiger charge is 2.08. The van der Waals surface area contributed by atoms with Gasteiger partial charge in [0.25, 0.3) is 0 Å². The summed E-state index contributed by atoms with van der Waals surface area (Å²) in [7, 11) is 1.70. The van der Waals surface area contributed by atoms with Crippen molar-refractivity contribution in [1.82, 2.24) is 16.0 Å². The Hall–Kier alpha value is -1.56. The molecule has 0 saturated carbocycles. The fraction of sp³-hybridized carbons (Fsp3) is 0.571. The number of hydrogen-bond acceptors (Lipinski definition) is 3. The van der Waals surface area contributed by atoms with Gasteiger partial charge in [-0.25, -0.2) is 0 Å². The van der Waals surface area contributed by atoms with Gasteiger partial charge in [0.05, 0.1) is 6.54 Å². The third-order valence-electron chi connectivity index (χ3n) is 2.82. The van der Waals surface area contributed by atoms with Crippen molar-refractivity contribution in [1.29, 1.82) is 0 Å². The molecule has 1 unspecified atom stereocenters. The summed E-state index contributed by atoms with van der Waals surface area (Å²) in [5, 5.41) is 11.1. The first kappa shape index (κ1) is 16.5. The zero-order chi connectivity index (χ0) is 14.8. The fourth-order valence-electron chi connectivity index (χ4n) is 1.63. The van der Waals surface area contributed by atoms with E-state index in [1.54, 1.807) is 18.4 Å². The summed E-state index contributed by atoms with van der Waals surface area (Å²) >= 11 is 1.75. The lowest BCUT2D eigenvalue weighted by Crippen LogP contribution is -2.44. The van der Waals surface area contributed by atoms with Gasteiger partial charge in [0.2, 0.25) is 5.91 Å². The Kier molecular flexibility index (Phi) is 7.72. The Bertz CT molecular complexity index is 417. The summed E-state index contributed by atoms with van der Waals surface area (Å²) in [6, 6.07) is 4.19. The molecule has 5 nitrogen and oxygen atoms in total. The standard InChI is InChI=1S/C14H24N4OS/c1-4-7-16-13(19)10-18-14(15-3)17-9-11(2)12-6-5-8-20-12/h5-6,8,11H,4,7,9-10H2,1-3H3,(H,16,19)(H2,15,17,18). The lowest BCUT2D eigenvalue weighted by atomic mass is 10.1. The second-order valence-corrected chi connectivity index (χ2v) is 5.55. The molecule has 0 fully saturated rings. The number of hydrogen-bond donors (Lipinski definition) is 3. The van der Waals surface area contributed by atoms with Gasteiger partial charge in [-0.1, -0.05) is 19.9 Å². The van der Waals surface area contributed by atoms with Crippen LogP contribution >= 0.6 is 11.3 Å². The minimum absolute atomic E-state index is 0.0129. The van der Waals surface area contributed by atoms with Crippen molar-refractivity contribution in [2.24, 2.45) is 4.99 Å². The number of amides is 1. The van der Waals surface area contributed by atoms with Gasteiger partial charge in [-0.05, 0) is 17.9 Å². The molecule has 0 aliphatic heterocycles. The summed E-state index contributed by atoms with van der Waals surface area (Å²) in [6.07, 6.45) is 0.942. The second-order valence-electron chi connectivity index (χ2n) is 4.57. The highest BCUT2D eigenvalue weighted by atomic mass is 32.1. The number of nitrogens with one attached hydrogen (secondary N) is 3. The van der Waals surface area contributed by atoms with Crippen LogP contribution in [0, 0.1) is 0 Å². The molecular formula is C14H24N4OS. The number of thiophene rings is 1. The van der Waals surface area contributed by atoms with Crippen LogP contribution in [-0.4, -0.2) is 38.5 Å². The number of carbonyl (C=O) groups is 1. The molecule has 20 heavy (non-hydrogen) atoms. The predicted octanol–water partition coefficient (Wildman–Crippen LogP) is 1.54. The Balaban J connectivity index is 2.28. The summed E-state index contributed by atoms with van der Waals surface area (Å²) in [6.45, 7) is 5.94. The van der Waals surface area contributed by atoms with Gasteiger partial charge in [0.1, 0.15) is 0 Å². The summed E-state index contributed by atoms with van der Waals surface area (Å²) in [5.74, 6) is 1.06. The van der Waals surface area contributed by atoms with Gasteiger partial charge in [-0.15, -0.1) is 11.3 Å². The highest BCUT2D eigenvalue weighted by molar-refractivity contribution is 7.10. The van der Waals surface area contributed by atoms with E-state index in [-0.39, 0.29) is 12.5 Å². The van der Waals surface area contributed by atoms with Crippen LogP contribution < -0.4 is 16.0 Å². The van der Waals surface area contributed by atoms with Gasteiger partial charge in [0, 0.05) is 30.9 Å². The van der Waals surface area contributed by atoms with Gasteiger partial charge in [-0.2, -0.15) is 0 Å². The average Bonchev–Trinajstić information content (AvgIpc) is 2.99. The maximum atomic E-state index is 11.5. The van der Waals surface area contributed by atoms with Crippen molar-refractivity contribution in [2.75, 3.05) is 26.7 Å². The molecule has 1 aromatic heterocycles. The molecule has 1 aromatic rings. The van der Waals surface area contributed by atoms with Crippen LogP contribution in [0.15, 0.2) is 22.5 Å². The highest BCUT2D eigenvalue weighted by Crippen LogP contribution is 2.19. The van der Waals surface area contributed by atoms with Crippen LogP contribution in [0.25, 0.3) is 0 Å². The molecule has 1 amide bonds. The molecular weight excluding hydrogens is 272 g/mol. The lowest BCUT2D eigenvalue weighted by molar-refractivity contribution is -0.120. The molecule has 1 rings (SSSR count). The summed E-state index contributed by atoms with van der Waals surface area (Å²) < 4.78 is 0. The Morgan fingerprint density at radius 1 is 1.40 bits per heavy atom. The number of nitrogens with zero attached hydrogens (tertiary/aromatic N) is 1. The minimum Gasteiger partial charge on any atom is -0.356 e. The molecule has 0 radical (unpaired) electrons. The van der Waals surface area contributed by atoms with Crippen molar-refractivity contribution in [3.63, 3.8) is 0 Å². The van der Waals surface area contributed by atoms with E-state index in [9.17, 15) is 4.79 Å². The van der Waals surface area contributed by atoms with E-state index >= 15 is 0 Å². The van der Waals surface area contributed by atoms with Crippen molar-refractivity contribution < 1.29 is 4.79 Å². The monoisotopic (exact) mass is 296 g/mol. The first-order valence-electron chi connectivity index (χ1n) is 6.92. The van der Waals surface area contributed by atoms with E-state index in [1.165, 1.54) is 4.88 Å². The number of carbonyl (C=O) groups excluding carboxylic acids is 1. The molecule has 0 aliphatic rings. The van der Waals surface area contributed by atoms with E-state index in [0.29, 0.717) is 18.4 Å². The van der Waals surface area contributed by atoms with Crippen molar-refractivity contribution >= 4 is 23.2 Å². The smallest absolute Gasteiger partial charge is 0.239 e. The molecule has 0 saturated heterocycles. The van der Waals surface area contributed by atoms with Gasteiger partial charge in [-0.3, -0.25) is 9.79 Å². The molecule has 0 bridgehead atoms. The molecule has 112 valence electrons. The topological polar surface area (TPSA) is 65.5 Å². The summed E-state index contributed by atoms with van der Waals surface area (Å²) in [4.78, 5) is 16.9. The first-order chi connectivity index (χ1) is 9.67. The van der Waals surface area contributed by atoms with Crippen LogP contribution in [0.5, 0.6) is 0 Å². The minimum atomic E-state index is -0.0129. The molecule has 0 aliphatic carbocycles. The average molecular weight is 296 g/mol. The zero-order valence-electron chi connectivity index (χ0n) is 12.4. The number of aliphatic imine (C=N–C) groups is 1. The molecule has 0 spiro atoms. The normalized spacial score (nSPS) is 12.8. The predicted molar refractivity (Wildman–Crippen MR) is 85.4 cm³/mol. The van der Waals surface area contributed by atoms with Crippen molar-refractivity contribution in [3.05, 3.63) is 22.4 Å². The van der Waals surface area contributed by atoms with Crippen LogP contribution in [0.1, 0.15) is 31.1 Å². The van der Waals surface area contributed by atoms with E-state index in [0.717, 1.165) is 13.0 Å². The molecule has 3 N–H and O–H groups in total. The zero-order valence-corrected chi connectivity index (χ0v) is 13.2. The third-order valence-corrected chi connectivity index (χ3v) is 3.92. The van der Waals surface area contributed by atoms with Crippen LogP contribution in [0.3, 0.4) is 0 Å². The van der Waals surface area contributed by atoms with Crippen LogP contribution in [0.2, 0.25) is 0 Å². The van der Waals surface area contributed by atoms with E-state index < -0.39 is 0 Å². The van der Waals surface area contributed by atoms with Gasteiger partial charge < -0.3 is 16.0 Å². The maximum absolute atomic E-state index is 11.5. The largest absolute Gasteiger partial charge is 0.356 e. The van der Waals surface area contributed by atoms with Crippen LogP contribution in [-0.2, 0) is 4.79 Å². The second kappa shape index (κ2) is 9.36. The summed E-state index contributed by atoms with van der Waals surface area (Å²) in [5.41, 5.74) is 0. The number of guanidine groups is 1. The Labute approximate surface area is 124 Å². The molecule has 1 heterocycles. The van der Waals surface area contributed by atoms with Crippen molar-refractivity contribution in [2.45, 2.75) is 26.2 Å². The van der Waals surface area contributed by atoms with E-state index in [4.69, 9.17) is 0 Å². The Morgan fingerprint density at radius 3 is 2.80 bits per heavy atom. The first-order valence-corrected chi connectivity index (χ1v) is 7.80. The Morgan fingerprint density at radius 2 is 2.20 bits per heavy atom. The van der Waals surface area contributed by atoms with Gasteiger partial charge >= 0.3 is 0 Å². The van der Waals surface area contributed by atoms with Gasteiger partial charge in [0.15, 0.2) is 5.96 Å². The lowest BCUT2D eigenvalue weighted by Gasteiger charge is -2.15. The maximum Gasteiger partial charge on any atom is 0.239 e. The van der Waals surface area contributed by atoms with Crippen molar-refractivity contribution in [3.8, 4) is 0 Å². The third kappa shape index (κ3) is 6.06. The quantitative estimate of drug-likeness (QED) is 0.528.